The number of carbonyl (C=O) groups is 1. The Labute approximate surface area is 129 Å². The van der Waals surface area contributed by atoms with Crippen LogP contribution in [0, 0.1) is 5.92 Å². The second-order valence-corrected chi connectivity index (χ2v) is 7.30. The van der Waals surface area contributed by atoms with Crippen molar-refractivity contribution in [2.45, 2.75) is 59.1 Å². The van der Waals surface area contributed by atoms with Gasteiger partial charge < -0.3 is 20.3 Å². The third-order valence-electron chi connectivity index (χ3n) is 3.86. The Balaban J connectivity index is 2.50. The molecule has 0 saturated carbocycles. The lowest BCUT2D eigenvalue weighted by atomic mass is 9.96. The Morgan fingerprint density at radius 2 is 1.90 bits per heavy atom. The average Bonchev–Trinajstić information content (AvgIpc) is 2.35. The zero-order valence-electron chi connectivity index (χ0n) is 14.4. The maximum atomic E-state index is 12.3. The Morgan fingerprint density at radius 1 is 1.33 bits per heavy atom. The van der Waals surface area contributed by atoms with Gasteiger partial charge >= 0.3 is 6.09 Å². The van der Waals surface area contributed by atoms with Gasteiger partial charge in [-0.05, 0) is 66.5 Å². The van der Waals surface area contributed by atoms with Crippen molar-refractivity contribution >= 4 is 6.09 Å². The lowest BCUT2D eigenvalue weighted by Crippen LogP contribution is -2.46. The molecule has 1 heterocycles. The number of likely N-dealkylation sites (tertiary alicyclic amines) is 1. The van der Waals surface area contributed by atoms with Crippen LogP contribution in [0.25, 0.3) is 0 Å². The molecular weight excluding hydrogens is 266 g/mol. The predicted octanol–water partition coefficient (Wildman–Crippen LogP) is 2.30. The SMILES string of the molecule is CC(C)N(CC1CCN(CCN)CC1)C(=O)OC(C)(C)C. The molecule has 0 radical (unpaired) electrons. The van der Waals surface area contributed by atoms with E-state index in [1.54, 1.807) is 0 Å². The number of ether oxygens (including phenoxy) is 1. The standard InChI is InChI=1S/C16H33N3O2/c1-13(2)19(15(20)21-16(3,4)5)12-14-6-9-18(10-7-14)11-8-17/h13-14H,6-12,17H2,1-5H3. The lowest BCUT2D eigenvalue weighted by Gasteiger charge is -2.36. The number of amides is 1. The molecule has 5 heteroatoms. The Bertz CT molecular complexity index is 318. The molecule has 1 amide bonds. The summed E-state index contributed by atoms with van der Waals surface area (Å²) in [6.45, 7) is 14.5. The van der Waals surface area contributed by atoms with Crippen molar-refractivity contribution in [2.75, 3.05) is 32.7 Å². The minimum absolute atomic E-state index is 0.168. The van der Waals surface area contributed by atoms with Crippen molar-refractivity contribution in [3.8, 4) is 0 Å². The van der Waals surface area contributed by atoms with Crippen molar-refractivity contribution in [1.82, 2.24) is 9.80 Å². The first-order valence-electron chi connectivity index (χ1n) is 8.15. The number of hydrogen-bond donors (Lipinski definition) is 1. The molecule has 2 N–H and O–H groups in total. The van der Waals surface area contributed by atoms with E-state index in [-0.39, 0.29) is 12.1 Å². The van der Waals surface area contributed by atoms with Crippen LogP contribution in [0.5, 0.6) is 0 Å². The molecule has 0 aromatic carbocycles. The van der Waals surface area contributed by atoms with Crippen molar-refractivity contribution in [2.24, 2.45) is 11.7 Å². The Hall–Kier alpha value is -0.810. The highest BCUT2D eigenvalue weighted by Gasteiger charge is 2.28. The van der Waals surface area contributed by atoms with E-state index in [2.05, 4.69) is 4.90 Å². The number of nitrogens with zero attached hydrogens (tertiary/aromatic N) is 2. The summed E-state index contributed by atoms with van der Waals surface area (Å²) in [4.78, 5) is 16.6. The second kappa shape index (κ2) is 7.99. The first-order chi connectivity index (χ1) is 9.73. The molecule has 5 nitrogen and oxygen atoms in total. The van der Waals surface area contributed by atoms with E-state index in [4.69, 9.17) is 10.5 Å². The van der Waals surface area contributed by atoms with Crippen LogP contribution < -0.4 is 5.73 Å². The van der Waals surface area contributed by atoms with Gasteiger partial charge in [0.1, 0.15) is 5.60 Å². The second-order valence-electron chi connectivity index (χ2n) is 7.30. The van der Waals surface area contributed by atoms with E-state index in [1.165, 1.54) is 0 Å². The van der Waals surface area contributed by atoms with Gasteiger partial charge in [0.05, 0.1) is 0 Å². The van der Waals surface area contributed by atoms with Gasteiger partial charge in [-0.15, -0.1) is 0 Å². The molecule has 1 fully saturated rings. The maximum absolute atomic E-state index is 12.3. The molecule has 0 aromatic heterocycles. The molecule has 0 aliphatic carbocycles. The minimum Gasteiger partial charge on any atom is -0.444 e. The number of piperidine rings is 1. The highest BCUT2D eigenvalue weighted by atomic mass is 16.6. The quantitative estimate of drug-likeness (QED) is 0.846. The van der Waals surface area contributed by atoms with Gasteiger partial charge in [-0.25, -0.2) is 4.79 Å². The van der Waals surface area contributed by atoms with Gasteiger partial charge in [0.25, 0.3) is 0 Å². The summed E-state index contributed by atoms with van der Waals surface area (Å²) in [5.74, 6) is 0.564. The summed E-state index contributed by atoms with van der Waals surface area (Å²) in [6, 6.07) is 0.168. The van der Waals surface area contributed by atoms with Crippen LogP contribution in [0.3, 0.4) is 0 Å². The summed E-state index contributed by atoms with van der Waals surface area (Å²) in [6.07, 6.45) is 2.07. The van der Waals surface area contributed by atoms with Crippen molar-refractivity contribution in [1.29, 1.82) is 0 Å². The van der Waals surface area contributed by atoms with E-state index in [0.29, 0.717) is 5.92 Å². The Kier molecular flexibility index (Phi) is 6.94. The molecular formula is C16H33N3O2. The van der Waals surface area contributed by atoms with Crippen LogP contribution in [0.2, 0.25) is 0 Å². The molecule has 124 valence electrons. The number of rotatable bonds is 5. The van der Waals surface area contributed by atoms with Gasteiger partial charge in [0, 0.05) is 25.7 Å². The van der Waals surface area contributed by atoms with Crippen LogP contribution in [0.1, 0.15) is 47.5 Å². The molecule has 1 aliphatic rings. The summed E-state index contributed by atoms with van der Waals surface area (Å²) >= 11 is 0. The van der Waals surface area contributed by atoms with Crippen LogP contribution in [-0.4, -0.2) is 60.3 Å². The van der Waals surface area contributed by atoms with Crippen molar-refractivity contribution in [3.63, 3.8) is 0 Å². The largest absolute Gasteiger partial charge is 0.444 e. The topological polar surface area (TPSA) is 58.8 Å². The van der Waals surface area contributed by atoms with E-state index < -0.39 is 5.60 Å². The molecule has 1 rings (SSSR count). The molecule has 21 heavy (non-hydrogen) atoms. The molecule has 0 bridgehead atoms. The summed E-state index contributed by atoms with van der Waals surface area (Å²) in [5, 5.41) is 0. The van der Waals surface area contributed by atoms with E-state index in [9.17, 15) is 4.79 Å². The maximum Gasteiger partial charge on any atom is 0.410 e. The number of nitrogens with two attached hydrogens (primary N) is 1. The fourth-order valence-electron chi connectivity index (χ4n) is 2.67. The van der Waals surface area contributed by atoms with E-state index in [1.807, 2.05) is 39.5 Å². The summed E-state index contributed by atoms with van der Waals surface area (Å²) < 4.78 is 5.52. The molecule has 0 unspecified atom stereocenters. The summed E-state index contributed by atoms with van der Waals surface area (Å²) in [5.41, 5.74) is 5.17. The molecule has 0 atom stereocenters. The number of carbonyl (C=O) groups excluding carboxylic acids is 1. The van der Waals surface area contributed by atoms with Crippen LogP contribution in [0.15, 0.2) is 0 Å². The summed E-state index contributed by atoms with van der Waals surface area (Å²) in [7, 11) is 0. The molecule has 0 aromatic rings. The minimum atomic E-state index is -0.436. The Morgan fingerprint density at radius 3 is 2.33 bits per heavy atom. The van der Waals surface area contributed by atoms with Crippen LogP contribution >= 0.6 is 0 Å². The molecule has 1 aliphatic heterocycles. The molecule has 0 spiro atoms. The first kappa shape index (κ1) is 18.2. The highest BCUT2D eigenvalue weighted by Crippen LogP contribution is 2.21. The first-order valence-corrected chi connectivity index (χ1v) is 8.15. The third kappa shape index (κ3) is 6.66. The van der Waals surface area contributed by atoms with Crippen LogP contribution in [0.4, 0.5) is 4.79 Å². The van der Waals surface area contributed by atoms with Crippen molar-refractivity contribution in [3.05, 3.63) is 0 Å². The third-order valence-corrected chi connectivity index (χ3v) is 3.86. The van der Waals surface area contributed by atoms with Crippen LogP contribution in [-0.2, 0) is 4.74 Å². The van der Waals surface area contributed by atoms with Gasteiger partial charge in [0.15, 0.2) is 0 Å². The van der Waals surface area contributed by atoms with Gasteiger partial charge in [-0.2, -0.15) is 0 Å². The molecule has 1 saturated heterocycles. The highest BCUT2D eigenvalue weighted by molar-refractivity contribution is 5.68. The van der Waals surface area contributed by atoms with E-state index in [0.717, 1.165) is 45.6 Å². The fourth-order valence-corrected chi connectivity index (χ4v) is 2.67. The van der Waals surface area contributed by atoms with Gasteiger partial charge in [0.2, 0.25) is 0 Å². The van der Waals surface area contributed by atoms with Gasteiger partial charge in [-0.3, -0.25) is 0 Å². The average molecular weight is 299 g/mol. The normalized spacial score (nSPS) is 18.0. The fraction of sp³-hybridized carbons (Fsp3) is 0.938. The zero-order valence-corrected chi connectivity index (χ0v) is 14.4. The number of hydrogen-bond acceptors (Lipinski definition) is 4. The predicted molar refractivity (Wildman–Crippen MR) is 86.3 cm³/mol. The smallest absolute Gasteiger partial charge is 0.410 e. The lowest BCUT2D eigenvalue weighted by molar-refractivity contribution is 0.0129. The van der Waals surface area contributed by atoms with E-state index >= 15 is 0 Å². The van der Waals surface area contributed by atoms with Gasteiger partial charge in [-0.1, -0.05) is 0 Å². The monoisotopic (exact) mass is 299 g/mol. The van der Waals surface area contributed by atoms with Crippen molar-refractivity contribution < 1.29 is 9.53 Å². The zero-order chi connectivity index (χ0) is 16.0.